The lowest BCUT2D eigenvalue weighted by atomic mass is 9.88. The molecule has 0 saturated heterocycles. The second-order valence-corrected chi connectivity index (χ2v) is 3.44. The van der Waals surface area contributed by atoms with E-state index in [9.17, 15) is 0 Å². The first-order valence-electron chi connectivity index (χ1n) is 4.51. The van der Waals surface area contributed by atoms with E-state index in [1.54, 1.807) is 0 Å². The van der Waals surface area contributed by atoms with Crippen LogP contribution in [-0.4, -0.2) is 5.84 Å². The van der Waals surface area contributed by atoms with E-state index in [-0.39, 0.29) is 11.8 Å². The highest BCUT2D eigenvalue weighted by Crippen LogP contribution is 2.23. The van der Waals surface area contributed by atoms with Gasteiger partial charge in [0.25, 0.3) is 0 Å². The van der Waals surface area contributed by atoms with Gasteiger partial charge in [-0.3, -0.25) is 5.41 Å². The van der Waals surface area contributed by atoms with E-state index in [1.165, 1.54) is 5.56 Å². The van der Waals surface area contributed by atoms with Crippen LogP contribution in [0.1, 0.15) is 25.3 Å². The fourth-order valence-corrected chi connectivity index (χ4v) is 1.31. The molecule has 0 aliphatic carbocycles. The first-order valence-corrected chi connectivity index (χ1v) is 4.51. The summed E-state index contributed by atoms with van der Waals surface area (Å²) >= 11 is 0. The van der Waals surface area contributed by atoms with Gasteiger partial charge in [0, 0.05) is 5.92 Å². The molecule has 0 aliphatic heterocycles. The van der Waals surface area contributed by atoms with Crippen LogP contribution in [-0.2, 0) is 0 Å². The molecule has 0 fully saturated rings. The lowest BCUT2D eigenvalue weighted by Crippen LogP contribution is -2.24. The molecule has 70 valence electrons. The number of hydrogen-bond acceptors (Lipinski definition) is 1. The fraction of sp³-hybridized carbons (Fsp3) is 0.364. The van der Waals surface area contributed by atoms with Crippen molar-refractivity contribution in [2.45, 2.75) is 19.8 Å². The molecule has 13 heavy (non-hydrogen) atoms. The first-order chi connectivity index (χ1) is 6.13. The quantitative estimate of drug-likeness (QED) is 0.539. The minimum atomic E-state index is 0.113. The summed E-state index contributed by atoms with van der Waals surface area (Å²) in [6.45, 7) is 4.08. The van der Waals surface area contributed by atoms with E-state index in [0.29, 0.717) is 5.92 Å². The Balaban J connectivity index is 2.79. The summed E-state index contributed by atoms with van der Waals surface area (Å²) in [7, 11) is 0. The zero-order chi connectivity index (χ0) is 9.84. The number of hydrogen-bond donors (Lipinski definition) is 2. The Labute approximate surface area is 79.3 Å². The molecular formula is C11H16N2. The Morgan fingerprint density at radius 1 is 1.23 bits per heavy atom. The number of amidine groups is 1. The molecule has 2 heteroatoms. The van der Waals surface area contributed by atoms with Gasteiger partial charge in [-0.25, -0.2) is 0 Å². The van der Waals surface area contributed by atoms with Crippen LogP contribution in [0.4, 0.5) is 0 Å². The lowest BCUT2D eigenvalue weighted by molar-refractivity contribution is 0.616. The summed E-state index contributed by atoms with van der Waals surface area (Å²) in [5.74, 6) is 0.692. The molecule has 2 nitrogen and oxygen atoms in total. The molecule has 1 rings (SSSR count). The number of nitrogens with one attached hydrogen (secondary N) is 1. The third-order valence-electron chi connectivity index (χ3n) is 2.57. The van der Waals surface area contributed by atoms with Gasteiger partial charge < -0.3 is 5.73 Å². The maximum Gasteiger partial charge on any atom is 0.0940 e. The van der Waals surface area contributed by atoms with Gasteiger partial charge in [-0.2, -0.15) is 0 Å². The van der Waals surface area contributed by atoms with Crippen LogP contribution in [0.5, 0.6) is 0 Å². The molecule has 1 aromatic carbocycles. The normalized spacial score (nSPS) is 14.9. The molecule has 2 atom stereocenters. The van der Waals surface area contributed by atoms with Crippen molar-refractivity contribution in [2.24, 2.45) is 11.7 Å². The van der Waals surface area contributed by atoms with Crippen molar-refractivity contribution in [1.82, 2.24) is 0 Å². The van der Waals surface area contributed by atoms with Crippen molar-refractivity contribution in [3.63, 3.8) is 0 Å². The summed E-state index contributed by atoms with van der Waals surface area (Å²) in [6, 6.07) is 10.2. The maximum atomic E-state index is 7.36. The Hall–Kier alpha value is -1.31. The zero-order valence-electron chi connectivity index (χ0n) is 8.12. The molecule has 0 spiro atoms. The van der Waals surface area contributed by atoms with E-state index in [0.717, 1.165) is 0 Å². The minimum Gasteiger partial charge on any atom is -0.387 e. The first kappa shape index (κ1) is 9.78. The molecule has 0 heterocycles. The van der Waals surface area contributed by atoms with Crippen LogP contribution in [0.2, 0.25) is 0 Å². The molecule has 2 unspecified atom stereocenters. The predicted octanol–water partition coefficient (Wildman–Crippen LogP) is 2.36. The standard InChI is InChI=1S/C11H16N2/c1-8(9(2)11(12)13)10-6-4-3-5-7-10/h3-9H,1-2H3,(H3,12,13). The average molecular weight is 176 g/mol. The van der Waals surface area contributed by atoms with E-state index in [2.05, 4.69) is 19.1 Å². The van der Waals surface area contributed by atoms with Crippen molar-refractivity contribution in [2.75, 3.05) is 0 Å². The lowest BCUT2D eigenvalue weighted by Gasteiger charge is -2.18. The topological polar surface area (TPSA) is 49.9 Å². The zero-order valence-corrected chi connectivity index (χ0v) is 8.12. The van der Waals surface area contributed by atoms with Crippen molar-refractivity contribution >= 4 is 5.84 Å². The second-order valence-electron chi connectivity index (χ2n) is 3.44. The molecule has 0 amide bonds. The molecule has 0 saturated carbocycles. The highest BCUT2D eigenvalue weighted by molar-refractivity contribution is 5.80. The van der Waals surface area contributed by atoms with E-state index >= 15 is 0 Å². The van der Waals surface area contributed by atoms with Crippen molar-refractivity contribution in [3.8, 4) is 0 Å². The summed E-state index contributed by atoms with van der Waals surface area (Å²) < 4.78 is 0. The number of rotatable bonds is 3. The summed E-state index contributed by atoms with van der Waals surface area (Å²) in [6.07, 6.45) is 0. The van der Waals surface area contributed by atoms with Gasteiger partial charge in [0.2, 0.25) is 0 Å². The summed E-state index contributed by atoms with van der Waals surface area (Å²) in [5, 5.41) is 7.36. The Bertz CT molecular complexity index is 279. The molecule has 0 bridgehead atoms. The monoisotopic (exact) mass is 176 g/mol. The van der Waals surface area contributed by atoms with Crippen LogP contribution in [0, 0.1) is 11.3 Å². The molecule has 3 N–H and O–H groups in total. The van der Waals surface area contributed by atoms with Crippen LogP contribution >= 0.6 is 0 Å². The van der Waals surface area contributed by atoms with Crippen LogP contribution in [0.3, 0.4) is 0 Å². The van der Waals surface area contributed by atoms with Gasteiger partial charge in [0.1, 0.15) is 0 Å². The molecule has 0 aliphatic rings. The van der Waals surface area contributed by atoms with Gasteiger partial charge in [-0.1, -0.05) is 44.2 Å². The number of nitrogens with two attached hydrogens (primary N) is 1. The van der Waals surface area contributed by atoms with Crippen molar-refractivity contribution < 1.29 is 0 Å². The SMILES string of the molecule is CC(C(=N)N)C(C)c1ccccc1. The highest BCUT2D eigenvalue weighted by atomic mass is 14.7. The molecule has 0 aromatic heterocycles. The van der Waals surface area contributed by atoms with Gasteiger partial charge >= 0.3 is 0 Å². The van der Waals surface area contributed by atoms with Gasteiger partial charge in [0.05, 0.1) is 5.84 Å². The Kier molecular flexibility index (Phi) is 3.07. The summed E-state index contributed by atoms with van der Waals surface area (Å²) in [5.41, 5.74) is 6.70. The largest absolute Gasteiger partial charge is 0.387 e. The van der Waals surface area contributed by atoms with E-state index in [4.69, 9.17) is 11.1 Å². The third kappa shape index (κ3) is 2.31. The smallest absolute Gasteiger partial charge is 0.0940 e. The maximum absolute atomic E-state index is 7.36. The van der Waals surface area contributed by atoms with Crippen LogP contribution < -0.4 is 5.73 Å². The van der Waals surface area contributed by atoms with Crippen molar-refractivity contribution in [1.29, 1.82) is 5.41 Å². The second kappa shape index (κ2) is 4.08. The highest BCUT2D eigenvalue weighted by Gasteiger charge is 2.15. The average Bonchev–Trinajstić information content (AvgIpc) is 2.17. The van der Waals surface area contributed by atoms with Gasteiger partial charge in [-0.05, 0) is 11.5 Å². The van der Waals surface area contributed by atoms with E-state index in [1.807, 2.05) is 25.1 Å². The Morgan fingerprint density at radius 3 is 2.23 bits per heavy atom. The Morgan fingerprint density at radius 2 is 1.77 bits per heavy atom. The van der Waals surface area contributed by atoms with E-state index < -0.39 is 0 Å². The van der Waals surface area contributed by atoms with Gasteiger partial charge in [-0.15, -0.1) is 0 Å². The predicted molar refractivity (Wildman–Crippen MR) is 55.9 cm³/mol. The minimum absolute atomic E-state index is 0.113. The van der Waals surface area contributed by atoms with Crippen molar-refractivity contribution in [3.05, 3.63) is 35.9 Å². The molecule has 1 aromatic rings. The third-order valence-corrected chi connectivity index (χ3v) is 2.57. The number of benzene rings is 1. The fourth-order valence-electron chi connectivity index (χ4n) is 1.31. The summed E-state index contributed by atoms with van der Waals surface area (Å²) in [4.78, 5) is 0. The molecular weight excluding hydrogens is 160 g/mol. The molecule has 0 radical (unpaired) electrons. The van der Waals surface area contributed by atoms with Crippen LogP contribution in [0.25, 0.3) is 0 Å². The van der Waals surface area contributed by atoms with Crippen LogP contribution in [0.15, 0.2) is 30.3 Å². The van der Waals surface area contributed by atoms with Gasteiger partial charge in [0.15, 0.2) is 0 Å².